The lowest BCUT2D eigenvalue weighted by Crippen LogP contribution is -2.60. The van der Waals surface area contributed by atoms with Gasteiger partial charge in [-0.3, -0.25) is 0 Å². The second kappa shape index (κ2) is 8.78. The minimum atomic E-state index is -3.82. The van der Waals surface area contributed by atoms with Crippen LogP contribution in [-0.4, -0.2) is 48.2 Å². The van der Waals surface area contributed by atoms with Gasteiger partial charge in [-0.1, -0.05) is 30.3 Å². The first-order valence-electron chi connectivity index (χ1n) is 12.1. The summed E-state index contributed by atoms with van der Waals surface area (Å²) in [5.41, 5.74) is -1.54. The van der Waals surface area contributed by atoms with Crippen molar-refractivity contribution in [2.45, 2.75) is 74.5 Å². The topological polar surface area (TPSA) is 95.9 Å². The van der Waals surface area contributed by atoms with Gasteiger partial charge in [0.1, 0.15) is 23.0 Å². The summed E-state index contributed by atoms with van der Waals surface area (Å²) in [4.78, 5) is 11.7. The van der Waals surface area contributed by atoms with Crippen molar-refractivity contribution in [3.8, 4) is 0 Å². The Morgan fingerprint density at radius 1 is 1.14 bits per heavy atom. The molecule has 7 nitrogen and oxygen atoms in total. The van der Waals surface area contributed by atoms with Gasteiger partial charge in [-0.2, -0.15) is 4.31 Å². The van der Waals surface area contributed by atoms with E-state index in [0.717, 1.165) is 12.1 Å². The van der Waals surface area contributed by atoms with E-state index in [9.17, 15) is 18.3 Å². The Morgan fingerprint density at radius 3 is 2.44 bits per heavy atom. The van der Waals surface area contributed by atoms with E-state index in [0.29, 0.717) is 18.4 Å². The van der Waals surface area contributed by atoms with Crippen LogP contribution in [0.25, 0.3) is 0 Å². The molecule has 2 aromatic rings. The molecule has 194 valence electrons. The summed E-state index contributed by atoms with van der Waals surface area (Å²) in [6.07, 6.45) is -0.132. The minimum Gasteiger partial charge on any atom is -0.443 e. The zero-order chi connectivity index (χ0) is 25.9. The van der Waals surface area contributed by atoms with Crippen LogP contribution in [0.1, 0.15) is 61.5 Å². The number of benzene rings is 2. The maximum absolute atomic E-state index is 15.6. The summed E-state index contributed by atoms with van der Waals surface area (Å²) in [7, 11) is -3.82. The second-order valence-corrected chi connectivity index (χ2v) is 12.7. The standard InChI is InChI=1S/C26H30F2N2O5S/c1-16-8-9-22(17-6-4-3-5-7-17)36(33,34)30(16)13-18-10-21(28)19(11-20(18)27)26(14-25(2,32)15-26)23-12-29-24(31)35-23/h3-7,10-11,16,22-23,32H,8-9,12-15H2,1-2H3,(H,29,31)/t16?,22?,23-,25?,26?/m0/s1. The molecule has 0 bridgehead atoms. The van der Waals surface area contributed by atoms with Crippen LogP contribution >= 0.6 is 0 Å². The molecule has 0 aromatic heterocycles. The van der Waals surface area contributed by atoms with Crippen molar-refractivity contribution in [3.63, 3.8) is 0 Å². The Morgan fingerprint density at radius 2 is 1.83 bits per heavy atom. The predicted octanol–water partition coefficient (Wildman–Crippen LogP) is 3.91. The molecule has 1 aliphatic carbocycles. The van der Waals surface area contributed by atoms with Crippen molar-refractivity contribution < 1.29 is 31.8 Å². The van der Waals surface area contributed by atoms with Crippen molar-refractivity contribution >= 4 is 16.1 Å². The Balaban J connectivity index is 1.46. The molecule has 1 amide bonds. The lowest BCUT2D eigenvalue weighted by Gasteiger charge is -2.54. The molecule has 2 aromatic carbocycles. The molecule has 3 fully saturated rings. The third kappa shape index (κ3) is 4.18. The highest BCUT2D eigenvalue weighted by atomic mass is 32.2. The molecule has 36 heavy (non-hydrogen) atoms. The lowest BCUT2D eigenvalue weighted by molar-refractivity contribution is -0.114. The molecule has 5 rings (SSSR count). The molecular formula is C26H30F2N2O5S. The molecular weight excluding hydrogens is 490 g/mol. The van der Waals surface area contributed by atoms with Crippen molar-refractivity contribution in [1.82, 2.24) is 9.62 Å². The Hall–Kier alpha value is -2.56. The largest absolute Gasteiger partial charge is 0.443 e. The summed E-state index contributed by atoms with van der Waals surface area (Å²) < 4.78 is 64.6. The Labute approximate surface area is 209 Å². The van der Waals surface area contributed by atoms with Crippen molar-refractivity contribution in [2.24, 2.45) is 0 Å². The highest BCUT2D eigenvalue weighted by molar-refractivity contribution is 7.89. The van der Waals surface area contributed by atoms with Gasteiger partial charge >= 0.3 is 6.09 Å². The SMILES string of the molecule is CC1CCC(c2ccccc2)S(=O)(=O)N1Cc1cc(F)c(C2([C@@H]3CNC(=O)O3)CC(C)(O)C2)cc1F. The minimum absolute atomic E-state index is 0.0217. The van der Waals surface area contributed by atoms with Gasteiger partial charge in [-0.05, 0) is 57.2 Å². The number of hydrogen-bond donors (Lipinski definition) is 2. The summed E-state index contributed by atoms with van der Waals surface area (Å²) >= 11 is 0. The highest BCUT2D eigenvalue weighted by Gasteiger charge is 2.60. The van der Waals surface area contributed by atoms with Gasteiger partial charge in [0.2, 0.25) is 10.0 Å². The number of nitrogens with one attached hydrogen (secondary N) is 1. The molecule has 2 saturated heterocycles. The van der Waals surface area contributed by atoms with Crippen molar-refractivity contribution in [1.29, 1.82) is 0 Å². The van der Waals surface area contributed by atoms with Crippen molar-refractivity contribution in [2.75, 3.05) is 6.54 Å². The monoisotopic (exact) mass is 520 g/mol. The fourth-order valence-corrected chi connectivity index (χ4v) is 8.39. The van der Waals surface area contributed by atoms with Gasteiger partial charge in [0.25, 0.3) is 0 Å². The molecule has 10 heteroatoms. The molecule has 0 radical (unpaired) electrons. The van der Waals surface area contributed by atoms with E-state index in [4.69, 9.17) is 4.74 Å². The van der Waals surface area contributed by atoms with Gasteiger partial charge in [0.05, 0.1) is 12.1 Å². The van der Waals surface area contributed by atoms with Crippen LogP contribution in [0, 0.1) is 11.6 Å². The summed E-state index contributed by atoms with van der Waals surface area (Å²) in [6.45, 7) is 3.21. The third-order valence-electron chi connectivity index (χ3n) is 7.88. The number of sulfonamides is 1. The maximum atomic E-state index is 15.6. The first kappa shape index (κ1) is 25.1. The van der Waals surface area contributed by atoms with Crippen LogP contribution in [0.5, 0.6) is 0 Å². The summed E-state index contributed by atoms with van der Waals surface area (Å²) in [5, 5.41) is 12.2. The molecule has 1 saturated carbocycles. The number of aliphatic hydroxyl groups is 1. The predicted molar refractivity (Wildman–Crippen MR) is 129 cm³/mol. The number of alkyl carbamates (subject to hydrolysis) is 1. The number of amides is 1. The molecule has 2 unspecified atom stereocenters. The lowest BCUT2D eigenvalue weighted by atomic mass is 9.54. The summed E-state index contributed by atoms with van der Waals surface area (Å²) in [6, 6.07) is 10.7. The smallest absolute Gasteiger partial charge is 0.407 e. The van der Waals surface area contributed by atoms with E-state index < -0.39 is 50.1 Å². The van der Waals surface area contributed by atoms with E-state index in [2.05, 4.69) is 5.32 Å². The number of carbonyl (C=O) groups excluding carboxylic acids is 1. The zero-order valence-corrected chi connectivity index (χ0v) is 21.0. The Kier molecular flexibility index (Phi) is 6.12. The quantitative estimate of drug-likeness (QED) is 0.623. The zero-order valence-electron chi connectivity index (χ0n) is 20.2. The van der Waals surface area contributed by atoms with Gasteiger partial charge in [0, 0.05) is 29.1 Å². The number of cyclic esters (lactones) is 1. The van der Waals surface area contributed by atoms with Crippen molar-refractivity contribution in [3.05, 3.63) is 70.8 Å². The van der Waals surface area contributed by atoms with E-state index in [1.807, 2.05) is 6.07 Å². The van der Waals surface area contributed by atoms with Crippen LogP contribution in [0.2, 0.25) is 0 Å². The van der Waals surface area contributed by atoms with E-state index in [-0.39, 0.29) is 43.1 Å². The van der Waals surface area contributed by atoms with E-state index >= 15 is 8.78 Å². The molecule has 2 aliphatic heterocycles. The molecule has 3 aliphatic rings. The van der Waals surface area contributed by atoms with Crippen LogP contribution in [0.4, 0.5) is 13.6 Å². The summed E-state index contributed by atoms with van der Waals surface area (Å²) in [5.74, 6) is -1.45. The number of hydrogen-bond acceptors (Lipinski definition) is 5. The average molecular weight is 521 g/mol. The van der Waals surface area contributed by atoms with E-state index in [1.54, 1.807) is 38.1 Å². The number of rotatable bonds is 5. The fraction of sp³-hybridized carbons (Fsp3) is 0.500. The number of nitrogens with zero attached hydrogens (tertiary/aromatic N) is 1. The highest BCUT2D eigenvalue weighted by Crippen LogP contribution is 2.54. The van der Waals surface area contributed by atoms with Gasteiger partial charge in [-0.15, -0.1) is 0 Å². The van der Waals surface area contributed by atoms with Gasteiger partial charge < -0.3 is 15.2 Å². The maximum Gasteiger partial charge on any atom is 0.407 e. The van der Waals surface area contributed by atoms with Gasteiger partial charge in [-0.25, -0.2) is 22.0 Å². The fourth-order valence-electron chi connectivity index (χ4n) is 6.21. The van der Waals surface area contributed by atoms with Gasteiger partial charge in [0.15, 0.2) is 0 Å². The molecule has 0 spiro atoms. The molecule has 2 N–H and O–H groups in total. The molecule has 2 heterocycles. The molecule has 3 atom stereocenters. The first-order valence-corrected chi connectivity index (χ1v) is 13.6. The van der Waals surface area contributed by atoms with E-state index in [1.165, 1.54) is 4.31 Å². The van der Waals surface area contributed by atoms with Crippen LogP contribution in [0.3, 0.4) is 0 Å². The second-order valence-electron chi connectivity index (χ2n) is 10.6. The number of carbonyl (C=O) groups is 1. The first-order chi connectivity index (χ1) is 16.9. The third-order valence-corrected chi connectivity index (χ3v) is 10.3. The van der Waals surface area contributed by atoms with Crippen LogP contribution < -0.4 is 5.32 Å². The number of halogens is 2. The Bertz CT molecular complexity index is 1280. The normalized spacial score (nSPS) is 34.0. The van der Waals surface area contributed by atoms with Crippen LogP contribution in [0.15, 0.2) is 42.5 Å². The average Bonchev–Trinajstić information content (AvgIpc) is 3.23. The van der Waals surface area contributed by atoms with Crippen LogP contribution in [-0.2, 0) is 26.7 Å². The number of ether oxygens (including phenoxy) is 1.